The Bertz CT molecular complexity index is 328. The molecule has 1 aromatic carbocycles. The fraction of sp³-hybridized carbons (Fsp3) is 0.538. The highest BCUT2D eigenvalue weighted by Gasteiger charge is 2.04. The Kier molecular flexibility index (Phi) is 5.43. The van der Waals surface area contributed by atoms with Crippen LogP contribution in [0.15, 0.2) is 18.2 Å². The summed E-state index contributed by atoms with van der Waals surface area (Å²) in [7, 11) is 1.70. The first kappa shape index (κ1) is 13.1. The zero-order valence-corrected chi connectivity index (χ0v) is 10.2. The molecular formula is C13H20FNO. The number of ether oxygens (including phenoxy) is 1. The molecule has 3 heteroatoms. The third-order valence-electron chi connectivity index (χ3n) is 2.71. The van der Waals surface area contributed by atoms with Crippen LogP contribution in [0, 0.1) is 12.7 Å². The van der Waals surface area contributed by atoms with Crippen LogP contribution in [-0.2, 0) is 11.3 Å². The first-order chi connectivity index (χ1) is 7.63. The minimum atomic E-state index is -0.174. The molecule has 0 saturated heterocycles. The summed E-state index contributed by atoms with van der Waals surface area (Å²) in [5.41, 5.74) is 2.14. The Morgan fingerprint density at radius 1 is 1.44 bits per heavy atom. The lowest BCUT2D eigenvalue weighted by atomic mass is 10.1. The summed E-state index contributed by atoms with van der Waals surface area (Å²) in [5.74, 6) is -0.174. The van der Waals surface area contributed by atoms with Crippen molar-refractivity contribution < 1.29 is 9.13 Å². The Morgan fingerprint density at radius 3 is 2.88 bits per heavy atom. The molecule has 0 spiro atoms. The molecule has 0 radical (unpaired) electrons. The van der Waals surface area contributed by atoms with E-state index in [2.05, 4.69) is 12.2 Å². The minimum absolute atomic E-state index is 0.174. The van der Waals surface area contributed by atoms with Crippen LogP contribution in [0.2, 0.25) is 0 Å². The van der Waals surface area contributed by atoms with Gasteiger partial charge in [-0.3, -0.25) is 0 Å². The first-order valence-corrected chi connectivity index (χ1v) is 5.61. The van der Waals surface area contributed by atoms with Crippen LogP contribution in [-0.4, -0.2) is 19.8 Å². The minimum Gasteiger partial charge on any atom is -0.385 e. The van der Waals surface area contributed by atoms with Crippen molar-refractivity contribution in [2.24, 2.45) is 0 Å². The van der Waals surface area contributed by atoms with E-state index in [0.29, 0.717) is 12.6 Å². The maximum Gasteiger partial charge on any atom is 0.123 e. The van der Waals surface area contributed by atoms with Crippen molar-refractivity contribution in [1.82, 2.24) is 5.32 Å². The summed E-state index contributed by atoms with van der Waals surface area (Å²) in [6.45, 7) is 5.55. The van der Waals surface area contributed by atoms with Gasteiger partial charge in [0.15, 0.2) is 0 Å². The Balaban J connectivity index is 2.44. The van der Waals surface area contributed by atoms with Crippen LogP contribution < -0.4 is 5.32 Å². The fourth-order valence-corrected chi connectivity index (χ4v) is 1.51. The van der Waals surface area contributed by atoms with Gasteiger partial charge in [-0.1, -0.05) is 6.07 Å². The highest BCUT2D eigenvalue weighted by Crippen LogP contribution is 2.10. The number of aryl methyl sites for hydroxylation is 1. The summed E-state index contributed by atoms with van der Waals surface area (Å²) >= 11 is 0. The van der Waals surface area contributed by atoms with Gasteiger partial charge >= 0.3 is 0 Å². The predicted molar refractivity (Wildman–Crippen MR) is 63.9 cm³/mol. The maximum absolute atomic E-state index is 13.0. The molecule has 0 fully saturated rings. The first-order valence-electron chi connectivity index (χ1n) is 5.61. The molecule has 0 aliphatic rings. The second-order valence-electron chi connectivity index (χ2n) is 4.13. The van der Waals surface area contributed by atoms with Crippen molar-refractivity contribution in [2.45, 2.75) is 32.9 Å². The van der Waals surface area contributed by atoms with Gasteiger partial charge in [0.25, 0.3) is 0 Å². The van der Waals surface area contributed by atoms with Crippen molar-refractivity contribution in [3.05, 3.63) is 35.1 Å². The van der Waals surface area contributed by atoms with Gasteiger partial charge in [-0.2, -0.15) is 0 Å². The van der Waals surface area contributed by atoms with Gasteiger partial charge in [0.1, 0.15) is 5.82 Å². The molecule has 0 saturated carbocycles. The molecule has 1 rings (SSSR count). The number of hydrogen-bond acceptors (Lipinski definition) is 2. The lowest BCUT2D eigenvalue weighted by Crippen LogP contribution is -2.27. The zero-order valence-electron chi connectivity index (χ0n) is 10.2. The number of methoxy groups -OCH3 is 1. The van der Waals surface area contributed by atoms with Crippen LogP contribution in [0.5, 0.6) is 0 Å². The Hall–Kier alpha value is -0.930. The van der Waals surface area contributed by atoms with Gasteiger partial charge < -0.3 is 10.1 Å². The van der Waals surface area contributed by atoms with Crippen LogP contribution in [0.3, 0.4) is 0 Å². The van der Waals surface area contributed by atoms with Crippen molar-refractivity contribution >= 4 is 0 Å². The second-order valence-corrected chi connectivity index (χ2v) is 4.13. The monoisotopic (exact) mass is 225 g/mol. The number of benzene rings is 1. The van der Waals surface area contributed by atoms with Gasteiger partial charge in [-0.05, 0) is 43.5 Å². The van der Waals surface area contributed by atoms with E-state index in [1.54, 1.807) is 13.2 Å². The summed E-state index contributed by atoms with van der Waals surface area (Å²) < 4.78 is 18.0. The lowest BCUT2D eigenvalue weighted by molar-refractivity contribution is 0.184. The molecule has 1 N–H and O–H groups in total. The third-order valence-corrected chi connectivity index (χ3v) is 2.71. The summed E-state index contributed by atoms with van der Waals surface area (Å²) in [4.78, 5) is 0. The van der Waals surface area contributed by atoms with Gasteiger partial charge in [0, 0.05) is 26.3 Å². The predicted octanol–water partition coefficient (Wildman–Crippen LogP) is 2.65. The van der Waals surface area contributed by atoms with Crippen LogP contribution in [0.4, 0.5) is 4.39 Å². The molecule has 0 bridgehead atoms. The van der Waals surface area contributed by atoms with E-state index >= 15 is 0 Å². The molecule has 0 aromatic heterocycles. The smallest absolute Gasteiger partial charge is 0.123 e. The quantitative estimate of drug-likeness (QED) is 0.803. The Morgan fingerprint density at radius 2 is 2.19 bits per heavy atom. The molecule has 0 aliphatic carbocycles. The molecule has 90 valence electrons. The van der Waals surface area contributed by atoms with E-state index in [9.17, 15) is 4.39 Å². The van der Waals surface area contributed by atoms with E-state index in [0.717, 1.165) is 24.2 Å². The summed E-state index contributed by atoms with van der Waals surface area (Å²) in [6, 6.07) is 5.27. The highest BCUT2D eigenvalue weighted by molar-refractivity contribution is 5.26. The third kappa shape index (κ3) is 4.29. The number of nitrogens with one attached hydrogen (secondary N) is 1. The maximum atomic E-state index is 13.0. The van der Waals surface area contributed by atoms with E-state index in [1.165, 1.54) is 6.07 Å². The zero-order chi connectivity index (χ0) is 12.0. The van der Waals surface area contributed by atoms with E-state index < -0.39 is 0 Å². The number of hydrogen-bond donors (Lipinski definition) is 1. The molecule has 16 heavy (non-hydrogen) atoms. The average molecular weight is 225 g/mol. The molecule has 1 atom stereocenters. The van der Waals surface area contributed by atoms with Gasteiger partial charge in [-0.25, -0.2) is 4.39 Å². The highest BCUT2D eigenvalue weighted by atomic mass is 19.1. The second kappa shape index (κ2) is 6.61. The molecule has 0 aliphatic heterocycles. The van der Waals surface area contributed by atoms with Crippen molar-refractivity contribution in [2.75, 3.05) is 13.7 Å². The number of halogens is 1. The van der Waals surface area contributed by atoms with Crippen molar-refractivity contribution in [1.29, 1.82) is 0 Å². The standard InChI is InChI=1S/C13H20FNO/c1-10-4-5-13(14)8-12(10)9-15-11(2)6-7-16-3/h4-5,8,11,15H,6-7,9H2,1-3H3/t11-/m0/s1. The van der Waals surface area contributed by atoms with Crippen LogP contribution >= 0.6 is 0 Å². The van der Waals surface area contributed by atoms with Crippen LogP contribution in [0.1, 0.15) is 24.5 Å². The molecular weight excluding hydrogens is 205 g/mol. The van der Waals surface area contributed by atoms with E-state index in [4.69, 9.17) is 4.74 Å². The fourth-order valence-electron chi connectivity index (χ4n) is 1.51. The average Bonchev–Trinajstić information content (AvgIpc) is 2.27. The van der Waals surface area contributed by atoms with E-state index in [1.807, 2.05) is 13.0 Å². The largest absolute Gasteiger partial charge is 0.385 e. The van der Waals surface area contributed by atoms with Crippen molar-refractivity contribution in [3.63, 3.8) is 0 Å². The SMILES string of the molecule is COCC[C@H](C)NCc1cc(F)ccc1C. The van der Waals surface area contributed by atoms with Gasteiger partial charge in [0.05, 0.1) is 0 Å². The summed E-state index contributed by atoms with van der Waals surface area (Å²) in [5, 5.41) is 3.36. The lowest BCUT2D eigenvalue weighted by Gasteiger charge is -2.14. The molecule has 2 nitrogen and oxygen atoms in total. The van der Waals surface area contributed by atoms with Gasteiger partial charge in [0.2, 0.25) is 0 Å². The number of rotatable bonds is 6. The Labute approximate surface area is 96.8 Å². The molecule has 1 aromatic rings. The molecule has 0 amide bonds. The summed E-state index contributed by atoms with van der Waals surface area (Å²) in [6.07, 6.45) is 0.963. The van der Waals surface area contributed by atoms with E-state index in [-0.39, 0.29) is 5.82 Å². The van der Waals surface area contributed by atoms with Crippen LogP contribution in [0.25, 0.3) is 0 Å². The topological polar surface area (TPSA) is 21.3 Å². The van der Waals surface area contributed by atoms with Gasteiger partial charge in [-0.15, -0.1) is 0 Å². The van der Waals surface area contributed by atoms with Crippen molar-refractivity contribution in [3.8, 4) is 0 Å². The normalized spacial score (nSPS) is 12.8. The molecule has 0 unspecified atom stereocenters. The molecule has 0 heterocycles.